The summed E-state index contributed by atoms with van der Waals surface area (Å²) in [6.07, 6.45) is 0.288. The van der Waals surface area contributed by atoms with Crippen LogP contribution in [0.1, 0.15) is 30.6 Å². The summed E-state index contributed by atoms with van der Waals surface area (Å²) in [6.45, 7) is 2.12. The highest BCUT2D eigenvalue weighted by molar-refractivity contribution is 7.89. The minimum Gasteiger partial charge on any atom is -0.393 e. The Bertz CT molecular complexity index is 580. The standard InChI is InChI=1S/C13H19NO5S/c1-3-12(16)10-5-4-6-11(7-10)20(18,19)14-8-13(2,17)9-15/h4-7,14-15,17H,3,8-9H2,1-2H3. The summed E-state index contributed by atoms with van der Waals surface area (Å²) in [6, 6.07) is 5.70. The van der Waals surface area contributed by atoms with Crippen molar-refractivity contribution in [3.63, 3.8) is 0 Å². The number of Topliss-reactive ketones (excluding diaryl/α,β-unsaturated/α-hetero) is 1. The van der Waals surface area contributed by atoms with Crippen LogP contribution in [0.15, 0.2) is 29.2 Å². The summed E-state index contributed by atoms with van der Waals surface area (Å²) in [4.78, 5) is 11.5. The van der Waals surface area contributed by atoms with E-state index in [1.54, 1.807) is 13.0 Å². The van der Waals surface area contributed by atoms with E-state index in [0.717, 1.165) is 0 Å². The zero-order valence-corrected chi connectivity index (χ0v) is 12.3. The van der Waals surface area contributed by atoms with Crippen molar-refractivity contribution in [2.24, 2.45) is 0 Å². The van der Waals surface area contributed by atoms with Crippen LogP contribution in [0, 0.1) is 0 Å². The van der Waals surface area contributed by atoms with Gasteiger partial charge in [0.15, 0.2) is 5.78 Å². The number of rotatable bonds is 7. The first kappa shape index (κ1) is 16.8. The molecule has 0 aromatic heterocycles. The van der Waals surface area contributed by atoms with Gasteiger partial charge in [0.05, 0.1) is 17.1 Å². The molecule has 20 heavy (non-hydrogen) atoms. The largest absolute Gasteiger partial charge is 0.393 e. The topological polar surface area (TPSA) is 104 Å². The Hall–Kier alpha value is -1.28. The normalized spacial score (nSPS) is 14.8. The predicted octanol–water partition coefficient (Wildman–Crippen LogP) is 0.301. The molecule has 1 aromatic carbocycles. The van der Waals surface area contributed by atoms with Crippen molar-refractivity contribution in [2.45, 2.75) is 30.8 Å². The monoisotopic (exact) mass is 301 g/mol. The molecule has 0 spiro atoms. The fraction of sp³-hybridized carbons (Fsp3) is 0.462. The highest BCUT2D eigenvalue weighted by atomic mass is 32.2. The van der Waals surface area contributed by atoms with Gasteiger partial charge in [0.1, 0.15) is 0 Å². The number of ketones is 1. The van der Waals surface area contributed by atoms with Gasteiger partial charge >= 0.3 is 0 Å². The molecule has 0 aliphatic heterocycles. The molecule has 0 aliphatic carbocycles. The van der Waals surface area contributed by atoms with Gasteiger partial charge < -0.3 is 10.2 Å². The number of nitrogens with one attached hydrogen (secondary N) is 1. The van der Waals surface area contributed by atoms with Crippen molar-refractivity contribution in [1.82, 2.24) is 4.72 Å². The second-order valence-corrected chi connectivity index (χ2v) is 6.55. The van der Waals surface area contributed by atoms with Crippen LogP contribution in [-0.2, 0) is 10.0 Å². The van der Waals surface area contributed by atoms with Gasteiger partial charge in [0, 0.05) is 18.5 Å². The van der Waals surface area contributed by atoms with Gasteiger partial charge in [-0.15, -0.1) is 0 Å². The van der Waals surface area contributed by atoms with Crippen LogP contribution in [0.2, 0.25) is 0 Å². The lowest BCUT2D eigenvalue weighted by molar-refractivity contribution is 0.00681. The summed E-state index contributed by atoms with van der Waals surface area (Å²) in [5, 5.41) is 18.5. The van der Waals surface area contributed by atoms with E-state index in [0.29, 0.717) is 5.56 Å². The van der Waals surface area contributed by atoms with E-state index in [1.807, 2.05) is 0 Å². The molecule has 3 N–H and O–H groups in total. The average molecular weight is 301 g/mol. The van der Waals surface area contributed by atoms with E-state index in [9.17, 15) is 18.3 Å². The van der Waals surface area contributed by atoms with Gasteiger partial charge in [-0.2, -0.15) is 0 Å². The van der Waals surface area contributed by atoms with Gasteiger partial charge in [-0.25, -0.2) is 13.1 Å². The third-order valence-electron chi connectivity index (χ3n) is 2.77. The number of aliphatic hydroxyl groups is 2. The maximum Gasteiger partial charge on any atom is 0.240 e. The van der Waals surface area contributed by atoms with Crippen LogP contribution in [0.25, 0.3) is 0 Å². The van der Waals surface area contributed by atoms with E-state index in [-0.39, 0.29) is 23.6 Å². The third-order valence-corrected chi connectivity index (χ3v) is 4.17. The van der Waals surface area contributed by atoms with Crippen molar-refractivity contribution in [3.05, 3.63) is 29.8 Å². The van der Waals surface area contributed by atoms with Crippen LogP contribution >= 0.6 is 0 Å². The molecule has 0 bridgehead atoms. The Morgan fingerprint density at radius 3 is 2.60 bits per heavy atom. The number of hydrogen-bond acceptors (Lipinski definition) is 5. The fourth-order valence-electron chi connectivity index (χ4n) is 1.43. The Labute approximate surface area is 118 Å². The zero-order chi connectivity index (χ0) is 15.4. The van der Waals surface area contributed by atoms with E-state index in [1.165, 1.54) is 25.1 Å². The first-order valence-corrected chi connectivity index (χ1v) is 7.66. The molecule has 0 radical (unpaired) electrons. The van der Waals surface area contributed by atoms with Crippen molar-refractivity contribution in [3.8, 4) is 0 Å². The molecule has 6 nitrogen and oxygen atoms in total. The van der Waals surface area contributed by atoms with E-state index >= 15 is 0 Å². The molecule has 1 aromatic rings. The Balaban J connectivity index is 2.96. The molecule has 112 valence electrons. The molecule has 0 amide bonds. The van der Waals surface area contributed by atoms with Crippen molar-refractivity contribution in [2.75, 3.05) is 13.2 Å². The molecule has 0 heterocycles. The molecule has 1 atom stereocenters. The first-order chi connectivity index (χ1) is 9.22. The summed E-state index contributed by atoms with van der Waals surface area (Å²) in [7, 11) is -3.84. The summed E-state index contributed by atoms with van der Waals surface area (Å²) < 4.78 is 26.3. The molecule has 0 aliphatic rings. The SMILES string of the molecule is CCC(=O)c1cccc(S(=O)(=O)NCC(C)(O)CO)c1. The van der Waals surface area contributed by atoms with E-state index < -0.39 is 22.2 Å². The third kappa shape index (κ3) is 4.38. The smallest absolute Gasteiger partial charge is 0.240 e. The maximum atomic E-state index is 12.0. The van der Waals surface area contributed by atoms with E-state index in [2.05, 4.69) is 4.72 Å². The number of carbonyl (C=O) groups is 1. The highest BCUT2D eigenvalue weighted by Crippen LogP contribution is 2.13. The number of benzene rings is 1. The molecule has 0 fully saturated rings. The average Bonchev–Trinajstić information content (AvgIpc) is 2.45. The summed E-state index contributed by atoms with van der Waals surface area (Å²) in [5.41, 5.74) is -1.21. The Kier molecular flexibility index (Phi) is 5.41. The second-order valence-electron chi connectivity index (χ2n) is 4.78. The van der Waals surface area contributed by atoms with Gasteiger partial charge in [-0.05, 0) is 19.1 Å². The number of hydrogen-bond donors (Lipinski definition) is 3. The molecule has 0 saturated heterocycles. The van der Waals surface area contributed by atoms with Crippen molar-refractivity contribution >= 4 is 15.8 Å². The molecule has 1 unspecified atom stereocenters. The fourth-order valence-corrected chi connectivity index (χ4v) is 2.64. The first-order valence-electron chi connectivity index (χ1n) is 6.18. The highest BCUT2D eigenvalue weighted by Gasteiger charge is 2.23. The summed E-state index contributed by atoms with van der Waals surface area (Å²) in [5.74, 6) is -0.149. The van der Waals surface area contributed by atoms with Gasteiger partial charge in [-0.3, -0.25) is 4.79 Å². The maximum absolute atomic E-state index is 12.0. The lowest BCUT2D eigenvalue weighted by atomic mass is 10.1. The molecular formula is C13H19NO5S. The molecule has 7 heteroatoms. The lowest BCUT2D eigenvalue weighted by Gasteiger charge is -2.20. The molecule has 1 rings (SSSR count). The van der Waals surface area contributed by atoms with Crippen LogP contribution in [-0.4, -0.2) is 43.2 Å². The second kappa shape index (κ2) is 6.45. The van der Waals surface area contributed by atoms with Gasteiger partial charge in [0.2, 0.25) is 10.0 Å². The minimum absolute atomic E-state index is 0.0504. The number of aliphatic hydroxyl groups excluding tert-OH is 1. The number of carbonyl (C=O) groups excluding carboxylic acids is 1. The number of sulfonamides is 1. The van der Waals surface area contributed by atoms with Gasteiger partial charge in [-0.1, -0.05) is 19.1 Å². The predicted molar refractivity (Wildman–Crippen MR) is 74.0 cm³/mol. The van der Waals surface area contributed by atoms with Crippen molar-refractivity contribution < 1.29 is 23.4 Å². The van der Waals surface area contributed by atoms with Crippen molar-refractivity contribution in [1.29, 1.82) is 0 Å². The minimum atomic E-state index is -3.84. The van der Waals surface area contributed by atoms with Crippen LogP contribution in [0.3, 0.4) is 0 Å². The van der Waals surface area contributed by atoms with Crippen LogP contribution in [0.5, 0.6) is 0 Å². The quantitative estimate of drug-likeness (QED) is 0.628. The van der Waals surface area contributed by atoms with Gasteiger partial charge in [0.25, 0.3) is 0 Å². The Morgan fingerprint density at radius 1 is 1.40 bits per heavy atom. The zero-order valence-electron chi connectivity index (χ0n) is 11.5. The summed E-state index contributed by atoms with van der Waals surface area (Å²) >= 11 is 0. The molecule has 0 saturated carbocycles. The lowest BCUT2D eigenvalue weighted by Crippen LogP contribution is -2.43. The van der Waals surface area contributed by atoms with E-state index in [4.69, 9.17) is 5.11 Å². The van der Waals surface area contributed by atoms with Crippen LogP contribution in [0.4, 0.5) is 0 Å². The Morgan fingerprint density at radius 2 is 2.05 bits per heavy atom. The molecular weight excluding hydrogens is 282 g/mol. The van der Waals surface area contributed by atoms with Crippen LogP contribution < -0.4 is 4.72 Å².